The second-order valence-electron chi connectivity index (χ2n) is 5.37. The smallest absolute Gasteiger partial charge is 0.257 e. The first kappa shape index (κ1) is 16.0. The van der Waals surface area contributed by atoms with Gasteiger partial charge >= 0.3 is 0 Å². The Kier molecular flexibility index (Phi) is 4.79. The molecule has 0 aliphatic carbocycles. The van der Waals surface area contributed by atoms with E-state index in [1.54, 1.807) is 50.9 Å². The fourth-order valence-electron chi connectivity index (χ4n) is 2.79. The monoisotopic (exact) mass is 328 g/mol. The number of nitrogens with zero attached hydrogens (tertiary/aromatic N) is 4. The summed E-state index contributed by atoms with van der Waals surface area (Å²) in [5.74, 6) is 1.67. The van der Waals surface area contributed by atoms with Crippen molar-refractivity contribution in [3.63, 3.8) is 0 Å². The van der Waals surface area contributed by atoms with Crippen LogP contribution in [-0.2, 0) is 0 Å². The predicted octanol–water partition coefficient (Wildman–Crippen LogP) is 1.46. The summed E-state index contributed by atoms with van der Waals surface area (Å²) < 4.78 is 10.6. The summed E-state index contributed by atoms with van der Waals surface area (Å²) >= 11 is 0. The zero-order chi connectivity index (χ0) is 16.9. The second kappa shape index (κ2) is 7.16. The summed E-state index contributed by atoms with van der Waals surface area (Å²) in [6, 6.07) is 7.12. The third-order valence-corrected chi connectivity index (χ3v) is 4.04. The van der Waals surface area contributed by atoms with Crippen LogP contribution in [0.3, 0.4) is 0 Å². The number of para-hydroxylation sites is 1. The molecule has 0 spiro atoms. The van der Waals surface area contributed by atoms with Crippen molar-refractivity contribution >= 4 is 11.9 Å². The third-order valence-electron chi connectivity index (χ3n) is 4.04. The molecule has 0 saturated carbocycles. The molecule has 2 heterocycles. The van der Waals surface area contributed by atoms with Crippen molar-refractivity contribution in [3.05, 3.63) is 42.2 Å². The molecule has 0 bridgehead atoms. The minimum Gasteiger partial charge on any atom is -0.493 e. The van der Waals surface area contributed by atoms with Crippen molar-refractivity contribution in [2.24, 2.45) is 0 Å². The Labute approximate surface area is 140 Å². The van der Waals surface area contributed by atoms with E-state index < -0.39 is 0 Å². The van der Waals surface area contributed by atoms with Crippen LogP contribution in [0.1, 0.15) is 10.4 Å². The molecule has 24 heavy (non-hydrogen) atoms. The van der Waals surface area contributed by atoms with Crippen LogP contribution < -0.4 is 14.4 Å². The molecule has 1 amide bonds. The van der Waals surface area contributed by atoms with E-state index in [0.717, 1.165) is 0 Å². The Hall–Kier alpha value is -2.83. The number of carbonyl (C=O) groups is 1. The number of rotatable bonds is 4. The molecule has 126 valence electrons. The molecule has 0 atom stereocenters. The molecule has 7 nitrogen and oxygen atoms in total. The van der Waals surface area contributed by atoms with E-state index in [1.165, 1.54) is 0 Å². The molecule has 0 unspecified atom stereocenters. The number of hydrogen-bond acceptors (Lipinski definition) is 6. The molecule has 1 aromatic heterocycles. The van der Waals surface area contributed by atoms with E-state index in [0.29, 0.717) is 49.2 Å². The lowest BCUT2D eigenvalue weighted by Gasteiger charge is -2.34. The van der Waals surface area contributed by atoms with Crippen molar-refractivity contribution in [2.45, 2.75) is 0 Å². The van der Waals surface area contributed by atoms with E-state index in [4.69, 9.17) is 9.47 Å². The Morgan fingerprint density at radius 3 is 2.33 bits per heavy atom. The molecule has 0 radical (unpaired) electrons. The summed E-state index contributed by atoms with van der Waals surface area (Å²) in [6.45, 7) is 2.61. The van der Waals surface area contributed by atoms with Crippen molar-refractivity contribution in [2.75, 3.05) is 45.3 Å². The number of anilines is 1. The summed E-state index contributed by atoms with van der Waals surface area (Å²) in [6.07, 6.45) is 3.45. The molecule has 2 aromatic rings. The maximum Gasteiger partial charge on any atom is 0.257 e. The molecule has 7 heteroatoms. The zero-order valence-corrected chi connectivity index (χ0v) is 13.8. The van der Waals surface area contributed by atoms with Crippen LogP contribution in [0.25, 0.3) is 0 Å². The van der Waals surface area contributed by atoms with Crippen molar-refractivity contribution in [1.29, 1.82) is 0 Å². The van der Waals surface area contributed by atoms with Crippen molar-refractivity contribution in [3.8, 4) is 11.5 Å². The first-order chi connectivity index (χ1) is 11.7. The SMILES string of the molecule is COc1cccc(C(=O)N2CCN(c3ncccn3)CC2)c1OC. The molecule has 1 aromatic carbocycles. The lowest BCUT2D eigenvalue weighted by atomic mass is 10.1. The molecule has 1 aliphatic heterocycles. The first-order valence-electron chi connectivity index (χ1n) is 7.77. The van der Waals surface area contributed by atoms with Crippen LogP contribution in [0.2, 0.25) is 0 Å². The number of piperazine rings is 1. The highest BCUT2D eigenvalue weighted by atomic mass is 16.5. The maximum absolute atomic E-state index is 12.8. The summed E-state index contributed by atoms with van der Waals surface area (Å²) in [5.41, 5.74) is 0.515. The molecule has 1 fully saturated rings. The van der Waals surface area contributed by atoms with Crippen LogP contribution in [-0.4, -0.2) is 61.2 Å². The summed E-state index contributed by atoms with van der Waals surface area (Å²) in [7, 11) is 3.10. The van der Waals surface area contributed by atoms with E-state index >= 15 is 0 Å². The lowest BCUT2D eigenvalue weighted by molar-refractivity contribution is 0.0742. The van der Waals surface area contributed by atoms with Crippen LogP contribution >= 0.6 is 0 Å². The highest BCUT2D eigenvalue weighted by molar-refractivity contribution is 5.98. The summed E-state index contributed by atoms with van der Waals surface area (Å²) in [4.78, 5) is 25.2. The van der Waals surface area contributed by atoms with Crippen LogP contribution in [0, 0.1) is 0 Å². The quantitative estimate of drug-likeness (QED) is 0.846. The van der Waals surface area contributed by atoms with Gasteiger partial charge in [-0.25, -0.2) is 9.97 Å². The van der Waals surface area contributed by atoms with Crippen LogP contribution in [0.5, 0.6) is 11.5 Å². The van der Waals surface area contributed by atoms with Gasteiger partial charge in [0.15, 0.2) is 11.5 Å². The van der Waals surface area contributed by atoms with Gasteiger partial charge in [0.05, 0.1) is 19.8 Å². The number of benzene rings is 1. The van der Waals surface area contributed by atoms with Gasteiger partial charge < -0.3 is 19.3 Å². The average Bonchev–Trinajstić information content (AvgIpc) is 2.67. The number of hydrogen-bond donors (Lipinski definition) is 0. The Morgan fingerprint density at radius 1 is 1.00 bits per heavy atom. The molecular formula is C17H20N4O3. The van der Waals surface area contributed by atoms with Crippen LogP contribution in [0.15, 0.2) is 36.7 Å². The average molecular weight is 328 g/mol. The van der Waals surface area contributed by atoms with Gasteiger partial charge in [-0.15, -0.1) is 0 Å². The molecule has 1 aliphatic rings. The lowest BCUT2D eigenvalue weighted by Crippen LogP contribution is -2.49. The number of methoxy groups -OCH3 is 2. The Balaban J connectivity index is 1.72. The second-order valence-corrected chi connectivity index (χ2v) is 5.37. The minimum absolute atomic E-state index is 0.0561. The zero-order valence-electron chi connectivity index (χ0n) is 13.8. The molecular weight excluding hydrogens is 308 g/mol. The van der Waals surface area contributed by atoms with Crippen LogP contribution in [0.4, 0.5) is 5.95 Å². The van der Waals surface area contributed by atoms with E-state index in [1.807, 2.05) is 4.90 Å². The first-order valence-corrected chi connectivity index (χ1v) is 7.77. The Morgan fingerprint density at radius 2 is 1.71 bits per heavy atom. The standard InChI is InChI=1S/C17H20N4O3/c1-23-14-6-3-5-13(15(14)24-2)16(22)20-9-11-21(12-10-20)17-18-7-4-8-19-17/h3-8H,9-12H2,1-2H3. The van der Waals surface area contributed by atoms with Gasteiger partial charge in [-0.2, -0.15) is 0 Å². The van der Waals surface area contributed by atoms with E-state index in [9.17, 15) is 4.79 Å². The normalized spacial score (nSPS) is 14.4. The Bertz CT molecular complexity index is 700. The topological polar surface area (TPSA) is 67.8 Å². The van der Waals surface area contributed by atoms with Crippen molar-refractivity contribution < 1.29 is 14.3 Å². The largest absolute Gasteiger partial charge is 0.493 e. The summed E-state index contributed by atoms with van der Waals surface area (Å²) in [5, 5.41) is 0. The van der Waals surface area contributed by atoms with Gasteiger partial charge in [0.1, 0.15) is 0 Å². The van der Waals surface area contributed by atoms with E-state index in [2.05, 4.69) is 14.9 Å². The predicted molar refractivity (Wildman–Crippen MR) is 89.7 cm³/mol. The van der Waals surface area contributed by atoms with Gasteiger partial charge in [0.2, 0.25) is 5.95 Å². The molecule has 1 saturated heterocycles. The number of aromatic nitrogens is 2. The maximum atomic E-state index is 12.8. The van der Waals surface area contributed by atoms with E-state index in [-0.39, 0.29) is 5.91 Å². The minimum atomic E-state index is -0.0561. The number of carbonyl (C=O) groups excluding carboxylic acids is 1. The number of amides is 1. The van der Waals surface area contributed by atoms with Gasteiger partial charge in [0.25, 0.3) is 5.91 Å². The van der Waals surface area contributed by atoms with Gasteiger partial charge in [-0.3, -0.25) is 4.79 Å². The fraction of sp³-hybridized carbons (Fsp3) is 0.353. The highest BCUT2D eigenvalue weighted by Crippen LogP contribution is 2.31. The van der Waals surface area contributed by atoms with Gasteiger partial charge in [0, 0.05) is 38.6 Å². The molecule has 0 N–H and O–H groups in total. The third kappa shape index (κ3) is 3.10. The highest BCUT2D eigenvalue weighted by Gasteiger charge is 2.26. The molecule has 3 rings (SSSR count). The van der Waals surface area contributed by atoms with Crippen molar-refractivity contribution in [1.82, 2.24) is 14.9 Å². The van der Waals surface area contributed by atoms with Gasteiger partial charge in [-0.05, 0) is 18.2 Å². The number of ether oxygens (including phenoxy) is 2. The fourth-order valence-corrected chi connectivity index (χ4v) is 2.79. The van der Waals surface area contributed by atoms with Gasteiger partial charge in [-0.1, -0.05) is 6.07 Å².